The molecule has 0 atom stereocenters. The van der Waals surface area contributed by atoms with Crippen LogP contribution in [0.25, 0.3) is 0 Å². The van der Waals surface area contributed by atoms with Crippen molar-refractivity contribution < 1.29 is 23.8 Å². The molecule has 0 saturated carbocycles. The highest BCUT2D eigenvalue weighted by atomic mass is 16.5. The van der Waals surface area contributed by atoms with Gasteiger partial charge in [-0.1, -0.05) is 6.07 Å². The van der Waals surface area contributed by atoms with E-state index in [1.165, 1.54) is 14.0 Å². The quantitative estimate of drug-likeness (QED) is 0.824. The Balaban J connectivity index is 2.70. The number of benzene rings is 1. The number of hydrogen-bond acceptors (Lipinski definition) is 5. The average Bonchev–Trinajstić information content (AvgIpc) is 2.53. The summed E-state index contributed by atoms with van der Waals surface area (Å²) in [6, 6.07) is 5.48. The zero-order valence-corrected chi connectivity index (χ0v) is 13.3. The van der Waals surface area contributed by atoms with Crippen LogP contribution in [0.3, 0.4) is 0 Å². The lowest BCUT2D eigenvalue weighted by molar-refractivity contribution is -0.129. The number of rotatable bonds is 7. The highest BCUT2D eigenvalue weighted by Crippen LogP contribution is 2.27. The van der Waals surface area contributed by atoms with E-state index in [2.05, 4.69) is 10.1 Å². The topological polar surface area (TPSA) is 77.1 Å². The standard InChI is InChI=1S/C15H22N2O5/c1-11(18)17(8-7-16-15(19)22-4)10-12-5-6-13(20-2)14(9-12)21-3/h5-6,9H,7-8,10H2,1-4H3,(H,16,19). The largest absolute Gasteiger partial charge is 0.493 e. The first-order valence-corrected chi connectivity index (χ1v) is 6.80. The fourth-order valence-corrected chi connectivity index (χ4v) is 1.91. The van der Waals surface area contributed by atoms with E-state index in [-0.39, 0.29) is 5.91 Å². The van der Waals surface area contributed by atoms with Gasteiger partial charge >= 0.3 is 6.09 Å². The van der Waals surface area contributed by atoms with E-state index in [1.807, 2.05) is 12.1 Å². The summed E-state index contributed by atoms with van der Waals surface area (Å²) >= 11 is 0. The summed E-state index contributed by atoms with van der Waals surface area (Å²) in [6.07, 6.45) is -0.519. The predicted molar refractivity (Wildman–Crippen MR) is 81.0 cm³/mol. The zero-order chi connectivity index (χ0) is 16.5. The summed E-state index contributed by atoms with van der Waals surface area (Å²) in [5.41, 5.74) is 0.908. The Labute approximate surface area is 130 Å². The second kappa shape index (κ2) is 8.76. The molecular formula is C15H22N2O5. The van der Waals surface area contributed by atoms with Crippen LogP contribution in [0.4, 0.5) is 4.79 Å². The molecule has 1 aromatic rings. The number of alkyl carbamates (subject to hydrolysis) is 1. The fraction of sp³-hybridized carbons (Fsp3) is 0.467. The summed E-state index contributed by atoms with van der Waals surface area (Å²) in [4.78, 5) is 24.3. The van der Waals surface area contributed by atoms with Crippen molar-refractivity contribution in [1.29, 1.82) is 0 Å². The van der Waals surface area contributed by atoms with Gasteiger partial charge in [0.2, 0.25) is 5.91 Å². The number of ether oxygens (including phenoxy) is 3. The molecule has 0 spiro atoms. The van der Waals surface area contributed by atoms with Gasteiger partial charge in [-0.2, -0.15) is 0 Å². The van der Waals surface area contributed by atoms with Crippen LogP contribution in [-0.2, 0) is 16.1 Å². The van der Waals surface area contributed by atoms with Crippen molar-refractivity contribution in [3.8, 4) is 11.5 Å². The Morgan fingerprint density at radius 1 is 1.14 bits per heavy atom. The molecule has 0 saturated heterocycles. The summed E-state index contributed by atoms with van der Waals surface area (Å²) in [5, 5.41) is 2.54. The Morgan fingerprint density at radius 2 is 1.82 bits per heavy atom. The van der Waals surface area contributed by atoms with Crippen LogP contribution >= 0.6 is 0 Å². The number of methoxy groups -OCH3 is 3. The maximum atomic E-state index is 11.7. The average molecular weight is 310 g/mol. The minimum atomic E-state index is -0.519. The van der Waals surface area contributed by atoms with Gasteiger partial charge in [0.05, 0.1) is 21.3 Å². The van der Waals surface area contributed by atoms with Crippen molar-refractivity contribution in [2.75, 3.05) is 34.4 Å². The Bertz CT molecular complexity index is 519. The Morgan fingerprint density at radius 3 is 2.36 bits per heavy atom. The van der Waals surface area contributed by atoms with Gasteiger partial charge in [-0.15, -0.1) is 0 Å². The summed E-state index contributed by atoms with van der Waals surface area (Å²) < 4.78 is 14.9. The number of nitrogens with one attached hydrogen (secondary N) is 1. The van der Waals surface area contributed by atoms with Crippen LogP contribution in [0.5, 0.6) is 11.5 Å². The van der Waals surface area contributed by atoms with E-state index < -0.39 is 6.09 Å². The van der Waals surface area contributed by atoms with Crippen LogP contribution in [0.1, 0.15) is 12.5 Å². The Hall–Kier alpha value is -2.44. The lowest BCUT2D eigenvalue weighted by atomic mass is 10.2. The van der Waals surface area contributed by atoms with E-state index in [9.17, 15) is 9.59 Å². The minimum absolute atomic E-state index is 0.0820. The molecule has 1 aromatic carbocycles. The van der Waals surface area contributed by atoms with Crippen molar-refractivity contribution in [3.63, 3.8) is 0 Å². The highest BCUT2D eigenvalue weighted by Gasteiger charge is 2.12. The van der Waals surface area contributed by atoms with E-state index in [4.69, 9.17) is 9.47 Å². The smallest absolute Gasteiger partial charge is 0.406 e. The van der Waals surface area contributed by atoms with Crippen LogP contribution in [-0.4, -0.2) is 51.3 Å². The third kappa shape index (κ3) is 5.16. The van der Waals surface area contributed by atoms with Crippen LogP contribution < -0.4 is 14.8 Å². The van der Waals surface area contributed by atoms with E-state index in [0.29, 0.717) is 31.1 Å². The molecule has 0 aliphatic carbocycles. The van der Waals surface area contributed by atoms with E-state index in [0.717, 1.165) is 5.56 Å². The predicted octanol–water partition coefficient (Wildman–Crippen LogP) is 1.41. The highest BCUT2D eigenvalue weighted by molar-refractivity contribution is 5.73. The van der Waals surface area contributed by atoms with Crippen LogP contribution in [0, 0.1) is 0 Å². The fourth-order valence-electron chi connectivity index (χ4n) is 1.91. The molecule has 0 aliphatic heterocycles. The van der Waals surface area contributed by atoms with Gasteiger partial charge in [-0.3, -0.25) is 4.79 Å². The molecule has 0 fully saturated rings. The third-order valence-electron chi connectivity index (χ3n) is 3.10. The van der Waals surface area contributed by atoms with Crippen molar-refractivity contribution in [2.24, 2.45) is 0 Å². The summed E-state index contributed by atoms with van der Waals surface area (Å²) in [7, 11) is 4.42. The number of nitrogens with zero attached hydrogens (tertiary/aromatic N) is 1. The molecule has 7 heteroatoms. The molecular weight excluding hydrogens is 288 g/mol. The Kier molecular flexibility index (Phi) is 7.01. The molecule has 122 valence electrons. The monoisotopic (exact) mass is 310 g/mol. The molecule has 1 rings (SSSR count). The van der Waals surface area contributed by atoms with Crippen molar-refractivity contribution in [2.45, 2.75) is 13.5 Å². The normalized spacial score (nSPS) is 9.82. The first-order chi connectivity index (χ1) is 10.5. The SMILES string of the molecule is COC(=O)NCCN(Cc1ccc(OC)c(OC)c1)C(C)=O. The van der Waals surface area contributed by atoms with Gasteiger partial charge in [0.25, 0.3) is 0 Å². The lowest BCUT2D eigenvalue weighted by Gasteiger charge is -2.21. The maximum absolute atomic E-state index is 11.7. The molecule has 7 nitrogen and oxygen atoms in total. The molecule has 0 heterocycles. The van der Waals surface area contributed by atoms with Crippen molar-refractivity contribution in [1.82, 2.24) is 10.2 Å². The molecule has 0 aromatic heterocycles. The summed E-state index contributed by atoms with van der Waals surface area (Å²) in [5.74, 6) is 1.16. The van der Waals surface area contributed by atoms with Crippen molar-refractivity contribution in [3.05, 3.63) is 23.8 Å². The number of amides is 2. The van der Waals surface area contributed by atoms with Gasteiger partial charge in [0, 0.05) is 26.6 Å². The first-order valence-electron chi connectivity index (χ1n) is 6.80. The molecule has 0 unspecified atom stereocenters. The number of carbonyl (C=O) groups is 2. The van der Waals surface area contributed by atoms with Gasteiger partial charge in [-0.05, 0) is 17.7 Å². The molecule has 2 amide bonds. The van der Waals surface area contributed by atoms with Gasteiger partial charge in [0.15, 0.2) is 11.5 Å². The van der Waals surface area contributed by atoms with Crippen molar-refractivity contribution >= 4 is 12.0 Å². The third-order valence-corrected chi connectivity index (χ3v) is 3.10. The molecule has 0 radical (unpaired) electrons. The second-order valence-electron chi connectivity index (χ2n) is 4.55. The number of hydrogen-bond donors (Lipinski definition) is 1. The van der Waals surface area contributed by atoms with E-state index >= 15 is 0 Å². The van der Waals surface area contributed by atoms with Gasteiger partial charge in [-0.25, -0.2) is 4.79 Å². The second-order valence-corrected chi connectivity index (χ2v) is 4.55. The van der Waals surface area contributed by atoms with Crippen LogP contribution in [0.2, 0.25) is 0 Å². The lowest BCUT2D eigenvalue weighted by Crippen LogP contribution is -2.37. The van der Waals surface area contributed by atoms with Crippen LogP contribution in [0.15, 0.2) is 18.2 Å². The molecule has 1 N–H and O–H groups in total. The molecule has 0 aliphatic rings. The van der Waals surface area contributed by atoms with Gasteiger partial charge < -0.3 is 24.4 Å². The number of carbonyl (C=O) groups excluding carboxylic acids is 2. The first kappa shape index (κ1) is 17.6. The molecule has 22 heavy (non-hydrogen) atoms. The summed E-state index contributed by atoms with van der Waals surface area (Å²) in [6.45, 7) is 2.61. The zero-order valence-electron chi connectivity index (χ0n) is 13.3. The maximum Gasteiger partial charge on any atom is 0.406 e. The minimum Gasteiger partial charge on any atom is -0.493 e. The van der Waals surface area contributed by atoms with E-state index in [1.54, 1.807) is 25.2 Å². The van der Waals surface area contributed by atoms with Gasteiger partial charge in [0.1, 0.15) is 0 Å². The molecule has 0 bridgehead atoms.